The summed E-state index contributed by atoms with van der Waals surface area (Å²) in [5, 5.41) is 2.43. The lowest BCUT2D eigenvalue weighted by molar-refractivity contribution is 0.590. The van der Waals surface area contributed by atoms with Gasteiger partial charge >= 0.3 is 0 Å². The van der Waals surface area contributed by atoms with E-state index in [4.69, 9.17) is 0 Å². The van der Waals surface area contributed by atoms with E-state index in [0.717, 1.165) is 95.4 Å². The minimum Gasteiger partial charge on any atom is -0.310 e. The Kier molecular flexibility index (Phi) is 14.8. The number of rotatable bonds is 13. The minimum atomic E-state index is -0.154. The molecule has 0 spiro atoms. The molecule has 3 nitrogen and oxygen atoms in total. The molecule has 0 radical (unpaired) electrons. The molecule has 0 bridgehead atoms. The van der Waals surface area contributed by atoms with Crippen LogP contribution >= 0.6 is 0 Å². The van der Waals surface area contributed by atoms with Gasteiger partial charge in [-0.05, 0) is 169 Å². The zero-order chi connectivity index (χ0) is 60.6. The Hall–Kier alpha value is -10.7. The first-order valence-corrected chi connectivity index (χ1v) is 31.1. The second-order valence-electron chi connectivity index (χ2n) is 25.4. The maximum atomic E-state index is 2.62. The van der Waals surface area contributed by atoms with Crippen molar-refractivity contribution in [1.82, 2.24) is 4.57 Å². The summed E-state index contributed by atoms with van der Waals surface area (Å²) in [6, 6.07) is 118. The summed E-state index contributed by atoms with van der Waals surface area (Å²) in [6.07, 6.45) is 0. The number of nitrogens with zero attached hydrogens (tertiary/aromatic N) is 3. The summed E-state index contributed by atoms with van der Waals surface area (Å²) >= 11 is 0. The third kappa shape index (κ3) is 11.2. The first-order chi connectivity index (χ1) is 43.4. The van der Waals surface area contributed by atoms with Gasteiger partial charge in [0.15, 0.2) is 0 Å². The standard InChI is InChI=1S/C86H71N3/c1-85(2,3)70-53-79(66-35-21-11-22-36-66)83-81(55-70)82-56-71(86(4,5)6)54-80(67-37-23-12-24-38-67)84(82)89(83)78-58-76(87(72-47-43-64(44-48-72)60-27-13-7-14-28-60)74-41-25-39-68(51-74)62-31-17-9-18-32-62)57-77(59-78)88(73-49-45-65(46-50-73)61-29-15-8-16-30-61)75-42-26-40-69(52-75)63-33-19-10-20-34-63/h7-59H,1-6H3. The van der Waals surface area contributed by atoms with Crippen molar-refractivity contribution in [3.05, 3.63) is 333 Å². The smallest absolute Gasteiger partial charge is 0.0619 e. The van der Waals surface area contributed by atoms with Crippen molar-refractivity contribution >= 4 is 55.9 Å². The fourth-order valence-electron chi connectivity index (χ4n) is 12.7. The van der Waals surface area contributed by atoms with Crippen LogP contribution in [0.15, 0.2) is 322 Å². The van der Waals surface area contributed by atoms with E-state index >= 15 is 0 Å². The van der Waals surface area contributed by atoms with Crippen LogP contribution in [-0.4, -0.2) is 4.57 Å². The molecule has 0 N–H and O–H groups in total. The van der Waals surface area contributed by atoms with Gasteiger partial charge in [0, 0.05) is 44.6 Å². The van der Waals surface area contributed by atoms with Gasteiger partial charge in [0.25, 0.3) is 0 Å². The lowest BCUT2D eigenvalue weighted by Crippen LogP contribution is -2.15. The lowest BCUT2D eigenvalue weighted by atomic mass is 9.82. The van der Waals surface area contributed by atoms with Crippen LogP contribution in [0, 0.1) is 0 Å². The molecule has 14 aromatic rings. The Morgan fingerprint density at radius 2 is 0.517 bits per heavy atom. The third-order valence-electron chi connectivity index (χ3n) is 17.4. The average Bonchev–Trinajstić information content (AvgIpc) is 1.57. The van der Waals surface area contributed by atoms with Crippen molar-refractivity contribution in [2.24, 2.45) is 0 Å². The van der Waals surface area contributed by atoms with Gasteiger partial charge in [-0.2, -0.15) is 0 Å². The number of aromatic nitrogens is 1. The summed E-state index contributed by atoms with van der Waals surface area (Å²) in [6.45, 7) is 14.1. The highest BCUT2D eigenvalue weighted by Gasteiger charge is 2.29. The summed E-state index contributed by atoms with van der Waals surface area (Å²) in [7, 11) is 0. The molecule has 3 heteroatoms. The van der Waals surface area contributed by atoms with E-state index in [0.29, 0.717) is 0 Å². The van der Waals surface area contributed by atoms with Gasteiger partial charge in [0.05, 0.1) is 28.1 Å². The second kappa shape index (κ2) is 23.5. The lowest BCUT2D eigenvalue weighted by Gasteiger charge is -2.31. The van der Waals surface area contributed by atoms with E-state index in [2.05, 4.69) is 377 Å². The minimum absolute atomic E-state index is 0.154. The number of fused-ring (bicyclic) bond motifs is 3. The van der Waals surface area contributed by atoms with Crippen LogP contribution in [0.3, 0.4) is 0 Å². The number of hydrogen-bond donors (Lipinski definition) is 0. The van der Waals surface area contributed by atoms with Crippen molar-refractivity contribution in [3.63, 3.8) is 0 Å². The Morgan fingerprint density at radius 1 is 0.225 bits per heavy atom. The van der Waals surface area contributed by atoms with Gasteiger partial charge in [0.1, 0.15) is 0 Å². The van der Waals surface area contributed by atoms with Crippen molar-refractivity contribution < 1.29 is 0 Å². The summed E-state index contributed by atoms with van der Waals surface area (Å²) in [5.74, 6) is 0. The molecule has 1 heterocycles. The molecule has 0 fully saturated rings. The molecule has 0 saturated carbocycles. The molecule has 0 amide bonds. The fraction of sp³-hybridized carbons (Fsp3) is 0.0930. The number of hydrogen-bond acceptors (Lipinski definition) is 2. The Morgan fingerprint density at radius 3 is 0.843 bits per heavy atom. The normalized spacial score (nSPS) is 11.7. The molecule has 430 valence electrons. The van der Waals surface area contributed by atoms with Crippen molar-refractivity contribution in [3.8, 4) is 72.4 Å². The third-order valence-corrected chi connectivity index (χ3v) is 17.4. The highest BCUT2D eigenvalue weighted by Crippen LogP contribution is 2.50. The van der Waals surface area contributed by atoms with Crippen LogP contribution in [0.5, 0.6) is 0 Å². The molecule has 0 saturated heterocycles. The summed E-state index contributed by atoms with van der Waals surface area (Å²) < 4.78 is 2.62. The van der Waals surface area contributed by atoms with Crippen LogP contribution in [0.1, 0.15) is 52.7 Å². The largest absolute Gasteiger partial charge is 0.310 e. The maximum absolute atomic E-state index is 2.62. The summed E-state index contributed by atoms with van der Waals surface area (Å²) in [4.78, 5) is 4.93. The Labute approximate surface area is 524 Å². The zero-order valence-corrected chi connectivity index (χ0v) is 51.4. The zero-order valence-electron chi connectivity index (χ0n) is 51.4. The van der Waals surface area contributed by atoms with E-state index in [1.54, 1.807) is 0 Å². The number of anilines is 6. The highest BCUT2D eigenvalue weighted by atomic mass is 15.2. The summed E-state index contributed by atoms with van der Waals surface area (Å²) in [5.41, 5.74) is 25.6. The first kappa shape index (κ1) is 56.1. The van der Waals surface area contributed by atoms with E-state index < -0.39 is 0 Å². The van der Waals surface area contributed by atoms with Crippen molar-refractivity contribution in [2.75, 3.05) is 9.80 Å². The topological polar surface area (TPSA) is 11.4 Å². The molecular formula is C86H71N3. The van der Waals surface area contributed by atoms with E-state index in [9.17, 15) is 0 Å². The van der Waals surface area contributed by atoms with Crippen molar-refractivity contribution in [1.29, 1.82) is 0 Å². The first-order valence-electron chi connectivity index (χ1n) is 31.1. The van der Waals surface area contributed by atoms with Crippen LogP contribution < -0.4 is 9.80 Å². The SMILES string of the molecule is CC(C)(C)c1cc(-c2ccccc2)c2c(c1)c1cc(C(C)(C)C)cc(-c3ccccc3)c1n2-c1cc(N(c2ccc(-c3ccccc3)cc2)c2cccc(-c3ccccc3)c2)cc(N(c2ccc(-c3ccccc3)cc2)c2cccc(-c3ccccc3)c2)c1. The Bertz CT molecular complexity index is 4490. The highest BCUT2D eigenvalue weighted by molar-refractivity contribution is 6.18. The molecule has 0 unspecified atom stereocenters. The molecular weight excluding hydrogens is 1070 g/mol. The van der Waals surface area contributed by atoms with Crippen LogP contribution in [0.25, 0.3) is 94.3 Å². The molecule has 0 aliphatic rings. The van der Waals surface area contributed by atoms with Gasteiger partial charge in [-0.25, -0.2) is 0 Å². The average molecular weight is 1150 g/mol. The second-order valence-corrected chi connectivity index (χ2v) is 25.4. The quantitative estimate of drug-likeness (QED) is 0.114. The van der Waals surface area contributed by atoms with E-state index in [1.165, 1.54) is 44.2 Å². The fourth-order valence-corrected chi connectivity index (χ4v) is 12.7. The van der Waals surface area contributed by atoms with Gasteiger partial charge in [-0.3, -0.25) is 0 Å². The van der Waals surface area contributed by atoms with Crippen LogP contribution in [-0.2, 0) is 10.8 Å². The number of benzene rings is 13. The van der Waals surface area contributed by atoms with Gasteiger partial charge in [0.2, 0.25) is 0 Å². The monoisotopic (exact) mass is 1150 g/mol. The van der Waals surface area contributed by atoms with E-state index in [-0.39, 0.29) is 10.8 Å². The maximum Gasteiger partial charge on any atom is 0.0619 e. The van der Waals surface area contributed by atoms with Crippen LogP contribution in [0.2, 0.25) is 0 Å². The Balaban J connectivity index is 1.14. The molecule has 0 aliphatic heterocycles. The predicted octanol–water partition coefficient (Wildman–Crippen LogP) is 24.3. The molecule has 89 heavy (non-hydrogen) atoms. The molecule has 0 atom stereocenters. The van der Waals surface area contributed by atoms with Gasteiger partial charge in [-0.1, -0.05) is 272 Å². The molecule has 0 aliphatic carbocycles. The van der Waals surface area contributed by atoms with Crippen LogP contribution in [0.4, 0.5) is 34.1 Å². The molecule has 1 aromatic heterocycles. The molecule has 14 rings (SSSR count). The van der Waals surface area contributed by atoms with Gasteiger partial charge in [-0.15, -0.1) is 0 Å². The predicted molar refractivity (Wildman–Crippen MR) is 380 cm³/mol. The van der Waals surface area contributed by atoms with E-state index in [1.807, 2.05) is 0 Å². The van der Waals surface area contributed by atoms with Crippen molar-refractivity contribution in [2.45, 2.75) is 52.4 Å². The van der Waals surface area contributed by atoms with Gasteiger partial charge < -0.3 is 14.4 Å². The molecule has 13 aromatic carbocycles.